The third-order valence-electron chi connectivity index (χ3n) is 4.72. The molecule has 25 heavy (non-hydrogen) atoms. The van der Waals surface area contributed by atoms with Gasteiger partial charge in [0.25, 0.3) is 0 Å². The normalized spacial score (nSPS) is 17.3. The third-order valence-corrected chi connectivity index (χ3v) is 5.93. The summed E-state index contributed by atoms with van der Waals surface area (Å²) in [5.74, 6) is 0.811. The van der Waals surface area contributed by atoms with Crippen molar-refractivity contribution >= 4 is 28.9 Å². The lowest BCUT2D eigenvalue weighted by atomic mass is 9.74. The topological polar surface area (TPSA) is 45.7 Å². The number of nitrogens with zero attached hydrogens (tertiary/aromatic N) is 1. The average Bonchev–Trinajstić information content (AvgIpc) is 3.16. The first-order chi connectivity index (χ1) is 12.2. The van der Waals surface area contributed by atoms with E-state index in [4.69, 9.17) is 16.3 Å². The Kier molecular flexibility index (Phi) is 6.34. The van der Waals surface area contributed by atoms with Crippen LogP contribution < -0.4 is 10.6 Å². The average molecular weight is 378 g/mol. The van der Waals surface area contributed by atoms with Gasteiger partial charge in [0.1, 0.15) is 0 Å². The molecule has 1 aromatic carbocycles. The van der Waals surface area contributed by atoms with Crippen LogP contribution in [-0.4, -0.2) is 32.8 Å². The number of hydrogen-bond acceptors (Lipinski definition) is 3. The second-order valence-electron chi connectivity index (χ2n) is 6.23. The first-order valence-electron chi connectivity index (χ1n) is 8.53. The van der Waals surface area contributed by atoms with E-state index in [1.54, 1.807) is 18.4 Å². The van der Waals surface area contributed by atoms with Crippen molar-refractivity contribution < 1.29 is 4.74 Å². The fraction of sp³-hybridized carbons (Fsp3) is 0.421. The first kappa shape index (κ1) is 18.2. The standard InChI is InChI=1S/C19H24ClN3OS/c1-21-18(22-13-15-5-4-12-25-15)23-14-19(8-10-24-11-9-19)16-6-2-3-7-17(16)20/h2-7,12H,8-11,13-14H2,1H3,(H2,21,22,23). The molecule has 1 saturated heterocycles. The van der Waals surface area contributed by atoms with Crippen molar-refractivity contribution in [1.82, 2.24) is 10.6 Å². The minimum atomic E-state index is -0.0306. The molecule has 0 unspecified atom stereocenters. The highest BCUT2D eigenvalue weighted by Crippen LogP contribution is 2.38. The Morgan fingerprint density at radius 1 is 1.20 bits per heavy atom. The van der Waals surface area contributed by atoms with Crippen LogP contribution in [0.15, 0.2) is 46.8 Å². The Labute approximate surface area is 158 Å². The summed E-state index contributed by atoms with van der Waals surface area (Å²) in [4.78, 5) is 5.64. The summed E-state index contributed by atoms with van der Waals surface area (Å²) in [5.41, 5.74) is 1.16. The summed E-state index contributed by atoms with van der Waals surface area (Å²) < 4.78 is 5.60. The lowest BCUT2D eigenvalue weighted by molar-refractivity contribution is 0.0514. The van der Waals surface area contributed by atoms with E-state index >= 15 is 0 Å². The molecule has 0 amide bonds. The number of rotatable bonds is 5. The van der Waals surface area contributed by atoms with E-state index in [0.717, 1.165) is 50.1 Å². The zero-order valence-electron chi connectivity index (χ0n) is 14.4. The number of thiophene rings is 1. The van der Waals surface area contributed by atoms with Gasteiger partial charge in [-0.25, -0.2) is 0 Å². The molecule has 6 heteroatoms. The Morgan fingerprint density at radius 3 is 2.68 bits per heavy atom. The minimum absolute atomic E-state index is 0.0306. The fourth-order valence-electron chi connectivity index (χ4n) is 3.25. The first-order valence-corrected chi connectivity index (χ1v) is 9.79. The highest BCUT2D eigenvalue weighted by atomic mass is 35.5. The maximum Gasteiger partial charge on any atom is 0.191 e. The van der Waals surface area contributed by atoms with E-state index in [-0.39, 0.29) is 5.41 Å². The molecule has 2 heterocycles. The van der Waals surface area contributed by atoms with Crippen molar-refractivity contribution in [3.8, 4) is 0 Å². The number of hydrogen-bond donors (Lipinski definition) is 2. The van der Waals surface area contributed by atoms with Crippen LogP contribution >= 0.6 is 22.9 Å². The van der Waals surface area contributed by atoms with Crippen LogP contribution in [0.1, 0.15) is 23.3 Å². The van der Waals surface area contributed by atoms with Crippen LogP contribution in [0.3, 0.4) is 0 Å². The highest BCUT2D eigenvalue weighted by Gasteiger charge is 2.36. The van der Waals surface area contributed by atoms with Crippen molar-refractivity contribution in [3.63, 3.8) is 0 Å². The van der Waals surface area contributed by atoms with Crippen molar-refractivity contribution in [1.29, 1.82) is 0 Å². The van der Waals surface area contributed by atoms with E-state index in [9.17, 15) is 0 Å². The zero-order chi connectivity index (χ0) is 17.5. The Hall–Kier alpha value is -1.56. The van der Waals surface area contributed by atoms with Crippen LogP contribution in [0.5, 0.6) is 0 Å². The summed E-state index contributed by atoms with van der Waals surface area (Å²) in [6, 6.07) is 12.3. The maximum absolute atomic E-state index is 6.51. The molecule has 0 spiro atoms. The zero-order valence-corrected chi connectivity index (χ0v) is 16.0. The quantitative estimate of drug-likeness (QED) is 0.615. The predicted octanol–water partition coefficient (Wildman–Crippen LogP) is 3.81. The molecule has 2 N–H and O–H groups in total. The Bertz CT molecular complexity index is 696. The largest absolute Gasteiger partial charge is 0.381 e. The smallest absolute Gasteiger partial charge is 0.191 e. The van der Waals surface area contributed by atoms with Crippen LogP contribution in [0.4, 0.5) is 0 Å². The predicted molar refractivity (Wildman–Crippen MR) is 106 cm³/mol. The van der Waals surface area contributed by atoms with Crippen molar-refractivity contribution in [2.24, 2.45) is 4.99 Å². The summed E-state index contributed by atoms with van der Waals surface area (Å²) in [6.45, 7) is 3.08. The molecule has 2 aromatic rings. The van der Waals surface area contributed by atoms with Crippen LogP contribution in [-0.2, 0) is 16.7 Å². The van der Waals surface area contributed by atoms with Gasteiger partial charge in [0.15, 0.2) is 5.96 Å². The van der Waals surface area contributed by atoms with Gasteiger partial charge in [0.2, 0.25) is 0 Å². The van der Waals surface area contributed by atoms with E-state index in [2.05, 4.69) is 45.3 Å². The van der Waals surface area contributed by atoms with Crippen LogP contribution in [0.2, 0.25) is 5.02 Å². The second-order valence-corrected chi connectivity index (χ2v) is 7.67. The van der Waals surface area contributed by atoms with Crippen molar-refractivity contribution in [3.05, 3.63) is 57.2 Å². The molecule has 0 saturated carbocycles. The number of guanidine groups is 1. The van der Waals surface area contributed by atoms with Gasteiger partial charge in [0.05, 0.1) is 6.54 Å². The third kappa shape index (κ3) is 4.54. The summed E-state index contributed by atoms with van der Waals surface area (Å²) in [7, 11) is 1.80. The van der Waals surface area contributed by atoms with Gasteiger partial charge in [-0.1, -0.05) is 35.9 Å². The van der Waals surface area contributed by atoms with Crippen molar-refractivity contribution in [2.75, 3.05) is 26.8 Å². The number of aliphatic imine (C=N–C) groups is 1. The molecule has 0 aliphatic carbocycles. The van der Waals surface area contributed by atoms with E-state index in [0.29, 0.717) is 0 Å². The van der Waals surface area contributed by atoms with Crippen molar-refractivity contribution in [2.45, 2.75) is 24.8 Å². The van der Waals surface area contributed by atoms with Gasteiger partial charge >= 0.3 is 0 Å². The number of ether oxygens (including phenoxy) is 1. The molecule has 0 bridgehead atoms. The molecule has 0 atom stereocenters. The number of benzene rings is 1. The molecule has 3 rings (SSSR count). The van der Waals surface area contributed by atoms with Gasteiger partial charge in [-0.2, -0.15) is 0 Å². The fourth-order valence-corrected chi connectivity index (χ4v) is 4.23. The van der Waals surface area contributed by atoms with Gasteiger partial charge < -0.3 is 15.4 Å². The highest BCUT2D eigenvalue weighted by molar-refractivity contribution is 7.09. The molecule has 1 aliphatic heterocycles. The monoisotopic (exact) mass is 377 g/mol. The van der Waals surface area contributed by atoms with Gasteiger partial charge in [-0.15, -0.1) is 11.3 Å². The summed E-state index contributed by atoms with van der Waals surface area (Å²) in [6.07, 6.45) is 1.90. The van der Waals surface area contributed by atoms with Gasteiger partial charge in [-0.05, 0) is 35.9 Å². The molecule has 1 fully saturated rings. The summed E-state index contributed by atoms with van der Waals surface area (Å²) in [5, 5.41) is 9.79. The van der Waals surface area contributed by atoms with Crippen LogP contribution in [0, 0.1) is 0 Å². The number of nitrogens with one attached hydrogen (secondary N) is 2. The Morgan fingerprint density at radius 2 is 2.00 bits per heavy atom. The SMILES string of the molecule is CN=C(NCc1cccs1)NCC1(c2ccccc2Cl)CCOCC1. The van der Waals surface area contributed by atoms with Gasteiger partial charge in [0, 0.05) is 42.1 Å². The van der Waals surface area contributed by atoms with E-state index in [1.807, 2.05) is 12.1 Å². The van der Waals surface area contributed by atoms with Gasteiger partial charge in [-0.3, -0.25) is 4.99 Å². The molecule has 1 aliphatic rings. The molecule has 4 nitrogen and oxygen atoms in total. The molecule has 1 aromatic heterocycles. The molecular formula is C19H24ClN3OS. The van der Waals surface area contributed by atoms with Crippen LogP contribution in [0.25, 0.3) is 0 Å². The molecule has 0 radical (unpaired) electrons. The minimum Gasteiger partial charge on any atom is -0.381 e. The molecular weight excluding hydrogens is 354 g/mol. The van der Waals surface area contributed by atoms with E-state index < -0.39 is 0 Å². The number of halogens is 1. The lowest BCUT2D eigenvalue weighted by Crippen LogP contribution is -2.48. The van der Waals surface area contributed by atoms with E-state index in [1.165, 1.54) is 10.4 Å². The molecule has 134 valence electrons. The summed E-state index contributed by atoms with van der Waals surface area (Å²) >= 11 is 8.25. The second kappa shape index (κ2) is 8.70. The Balaban J connectivity index is 1.69. The lowest BCUT2D eigenvalue weighted by Gasteiger charge is -2.38. The maximum atomic E-state index is 6.51.